The van der Waals surface area contributed by atoms with E-state index in [4.69, 9.17) is 52.9 Å². The van der Waals surface area contributed by atoms with E-state index in [0.717, 1.165) is 32.9 Å². The first-order chi connectivity index (χ1) is 46.5. The third-order valence-corrected chi connectivity index (χ3v) is 20.6. The fraction of sp³-hybridized carbons (Fsp3) is 0.500. The van der Waals surface area contributed by atoms with Gasteiger partial charge in [-0.3, -0.25) is 28.7 Å². The number of fused-ring (bicyclic) bond motifs is 2. The van der Waals surface area contributed by atoms with Crippen LogP contribution in [0.3, 0.4) is 0 Å². The van der Waals surface area contributed by atoms with Crippen molar-refractivity contribution in [3.8, 4) is 34.3 Å². The van der Waals surface area contributed by atoms with E-state index in [1.54, 1.807) is 16.9 Å². The lowest BCUT2D eigenvalue weighted by Gasteiger charge is -2.22. The van der Waals surface area contributed by atoms with Crippen molar-refractivity contribution in [2.75, 3.05) is 104 Å². The van der Waals surface area contributed by atoms with Gasteiger partial charge in [-0.1, -0.05) is 38.5 Å². The second-order valence-electron chi connectivity index (χ2n) is 21.7. The van der Waals surface area contributed by atoms with E-state index >= 15 is 0 Å². The van der Waals surface area contributed by atoms with E-state index in [1.807, 2.05) is 70.8 Å². The SMILES string of the molecule is CC/N=c1/cc2oc3cc(NCC)c(C)cc3c(-c3cc(C(=O)NCCOCCOCCNC(=O)OCCC(C)(C)SSCOCCCCOC(=O)NCC#Cc4cn([C@H]5CC(OCN=[N+]=[N-])[C@@H](COP(=O)(O)OP(=O)(O)OP(=O)(O)O)O5)c(=O)[nH]c4=O)ccc3C(=O)O)c-2cc1C. The molecule has 0 radical (unpaired) electrons. The number of aromatic amines is 1. The van der Waals surface area contributed by atoms with Gasteiger partial charge in [0.05, 0.1) is 69.8 Å². The minimum atomic E-state index is -5.85. The Morgan fingerprint density at radius 3 is 2.28 bits per heavy atom. The Morgan fingerprint density at radius 1 is 0.857 bits per heavy atom. The summed E-state index contributed by atoms with van der Waals surface area (Å²) in [5.74, 6) is 4.38. The van der Waals surface area contributed by atoms with Crippen LogP contribution in [0.25, 0.3) is 43.9 Å². The number of azide groups is 1. The van der Waals surface area contributed by atoms with Gasteiger partial charge < -0.3 is 83.5 Å². The van der Waals surface area contributed by atoms with Gasteiger partial charge in [-0.25, -0.2) is 32.9 Å². The molecule has 3 aromatic rings. The molecule has 40 heteroatoms. The van der Waals surface area contributed by atoms with Crippen LogP contribution in [-0.4, -0.2) is 173 Å². The molecule has 1 saturated heterocycles. The van der Waals surface area contributed by atoms with Crippen LogP contribution in [0.4, 0.5) is 15.3 Å². The Kier molecular flexibility index (Phi) is 31.3. The molecule has 536 valence electrons. The Labute approximate surface area is 568 Å². The van der Waals surface area contributed by atoms with E-state index in [0.29, 0.717) is 78.3 Å². The number of phosphoric acid groups is 3. The number of nitrogens with one attached hydrogen (secondary N) is 5. The van der Waals surface area contributed by atoms with Gasteiger partial charge in [0.2, 0.25) is 0 Å². The van der Waals surface area contributed by atoms with Crippen LogP contribution in [0.1, 0.15) is 97.0 Å². The van der Waals surface area contributed by atoms with Crippen LogP contribution in [0.5, 0.6) is 0 Å². The first kappa shape index (κ1) is 79.9. The molecule has 1 aliphatic carbocycles. The van der Waals surface area contributed by atoms with Gasteiger partial charge in [0, 0.05) is 95.0 Å². The van der Waals surface area contributed by atoms with Crippen molar-refractivity contribution in [1.29, 1.82) is 0 Å². The summed E-state index contributed by atoms with van der Waals surface area (Å²) in [7, 11) is -14.1. The molecule has 35 nitrogen and oxygen atoms in total. The fourth-order valence-electron chi connectivity index (χ4n) is 9.31. The highest BCUT2D eigenvalue weighted by Crippen LogP contribution is 2.66. The van der Waals surface area contributed by atoms with E-state index in [2.05, 4.69) is 61.3 Å². The third kappa shape index (κ3) is 25.9. The van der Waals surface area contributed by atoms with E-state index in [1.165, 1.54) is 22.9 Å². The van der Waals surface area contributed by atoms with Crippen LogP contribution in [-0.2, 0) is 60.0 Å². The summed E-state index contributed by atoms with van der Waals surface area (Å²) in [4.78, 5) is 122. The van der Waals surface area contributed by atoms with Gasteiger partial charge in [-0.15, -0.1) is 0 Å². The number of carbonyl (C=O) groups excluding carboxylic acids is 3. The highest BCUT2D eigenvalue weighted by molar-refractivity contribution is 8.77. The summed E-state index contributed by atoms with van der Waals surface area (Å²) >= 11 is 0. The molecule has 2 aromatic carbocycles. The quantitative estimate of drug-likeness (QED) is 0.00208. The predicted molar refractivity (Wildman–Crippen MR) is 357 cm³/mol. The van der Waals surface area contributed by atoms with E-state index in [9.17, 15) is 57.4 Å². The van der Waals surface area contributed by atoms with E-state index in [-0.39, 0.29) is 87.1 Å². The average molecular weight is 1470 g/mol. The monoisotopic (exact) mass is 1470 g/mol. The number of aryl methyl sites for hydroxylation is 2. The zero-order valence-electron chi connectivity index (χ0n) is 54.1. The number of ether oxygens (including phenoxy) is 7. The number of carbonyl (C=O) groups is 4. The summed E-state index contributed by atoms with van der Waals surface area (Å²) in [6.45, 7) is 13.1. The number of carboxylic acid groups (broad SMARTS) is 1. The molecule has 1 fully saturated rings. The second kappa shape index (κ2) is 38.4. The number of H-pyrrole nitrogens is 1. The van der Waals surface area contributed by atoms with Crippen molar-refractivity contribution < 1.29 is 108 Å². The summed E-state index contributed by atoms with van der Waals surface area (Å²) in [6, 6.07) is 12.2. The zero-order valence-corrected chi connectivity index (χ0v) is 58.4. The summed E-state index contributed by atoms with van der Waals surface area (Å²) in [6.07, 6.45) is -2.88. The number of nitrogens with zero attached hydrogens (tertiary/aromatic N) is 5. The highest BCUT2D eigenvalue weighted by atomic mass is 33.1. The lowest BCUT2D eigenvalue weighted by Crippen LogP contribution is -2.34. The number of anilines is 1. The minimum absolute atomic E-state index is 0.0221. The summed E-state index contributed by atoms with van der Waals surface area (Å²) < 4.78 is 92.6. The number of hydrogen-bond acceptors (Lipinski definition) is 25. The fourth-order valence-corrected chi connectivity index (χ4v) is 14.6. The number of hydrogen-bond donors (Lipinski definition) is 10. The normalized spacial score (nSPS) is 16.1. The van der Waals surface area contributed by atoms with Crippen molar-refractivity contribution in [1.82, 2.24) is 25.5 Å². The Morgan fingerprint density at radius 2 is 1.57 bits per heavy atom. The summed E-state index contributed by atoms with van der Waals surface area (Å²) in [5.41, 5.74) is 11.7. The van der Waals surface area contributed by atoms with Gasteiger partial charge in [0.15, 0.2) is 0 Å². The Bertz CT molecular complexity index is 4040. The van der Waals surface area contributed by atoms with Gasteiger partial charge in [-0.05, 0) is 113 Å². The average Bonchev–Trinajstić information content (AvgIpc) is 0.924. The molecule has 98 heavy (non-hydrogen) atoms. The smallest absolute Gasteiger partial charge is 0.478 e. The van der Waals surface area contributed by atoms with Gasteiger partial charge in [0.25, 0.3) is 11.5 Å². The highest BCUT2D eigenvalue weighted by Gasteiger charge is 2.44. The number of amides is 3. The molecular weight excluding hydrogens is 1390 g/mol. The number of aromatic carboxylic acids is 1. The molecule has 0 saturated carbocycles. The van der Waals surface area contributed by atoms with Crippen LogP contribution < -0.4 is 37.9 Å². The van der Waals surface area contributed by atoms with Crippen molar-refractivity contribution >= 4 is 85.8 Å². The van der Waals surface area contributed by atoms with Crippen molar-refractivity contribution in [2.24, 2.45) is 10.1 Å². The Balaban J connectivity index is 0.799. The predicted octanol–water partition coefficient (Wildman–Crippen LogP) is 7.58. The van der Waals surface area contributed by atoms with Crippen LogP contribution >= 0.6 is 45.1 Å². The number of carboxylic acids is 1. The molecule has 10 N–H and O–H groups in total. The van der Waals surface area contributed by atoms with Gasteiger partial charge in [0.1, 0.15) is 41.9 Å². The molecule has 6 rings (SSSR count). The number of aromatic nitrogens is 2. The van der Waals surface area contributed by atoms with Gasteiger partial charge in [-0.2, -0.15) is 8.62 Å². The van der Waals surface area contributed by atoms with Crippen LogP contribution in [0.2, 0.25) is 0 Å². The largest absolute Gasteiger partial charge is 0.490 e. The standard InChI is InChI=1S/C58H77N10O25P3S2/c1-7-60-44-29-46-42(26-36(44)3)51(43-27-37(4)45(61-8-2)30-47(43)90-46)41-28-38(13-14-40(41)54(71)72)52(69)62-17-22-83-24-25-84-23-18-64-57(75)87-21-15-58(5,6)98-97-35-85-19-9-10-20-86-56(74)63-16-11-12-39-32-68(55(73)66-53(39)70)50-31-48(88-34-65-67-59)49(91-50)33-89-95(79,80)93-96(81,82)92-94(76,77)78/h13-14,26-30,32,48-50,60H,7-10,15-25,31,33-35H2,1-6H3,(H,62,69)(H,63,74)(H,64,75)(H,71,72)(H,79,80)(H,81,82)(H,66,70,73)(H2,76,77,78)/b61-45-/t48?,49-,50-/m1/s1. The molecule has 2 aliphatic heterocycles. The van der Waals surface area contributed by atoms with Crippen molar-refractivity contribution in [3.63, 3.8) is 0 Å². The first-order valence-electron chi connectivity index (χ1n) is 30.2. The van der Waals surface area contributed by atoms with E-state index < -0.39 is 90.6 Å². The number of alkyl carbamates (subject to hydrolysis) is 2. The van der Waals surface area contributed by atoms with Crippen LogP contribution in [0.15, 0.2) is 72.8 Å². The first-order valence-corrected chi connectivity index (χ1v) is 37.0. The number of unbranched alkanes of at least 4 members (excludes halogenated alkanes) is 1. The molecular formula is C58H77N10O25P3S2. The number of phosphoric ester groups is 1. The van der Waals surface area contributed by atoms with Crippen molar-refractivity contribution in [3.05, 3.63) is 113 Å². The zero-order chi connectivity index (χ0) is 71.6. The molecule has 3 heterocycles. The molecule has 3 unspecified atom stereocenters. The number of rotatable bonds is 39. The topological polar surface area (TPSA) is 490 Å². The Hall–Kier alpha value is -7.13. The number of benzene rings is 3. The second-order valence-corrected chi connectivity index (χ2v) is 29.0. The molecule has 5 atom stereocenters. The molecule has 3 aliphatic rings. The maximum atomic E-state index is 13.5. The lowest BCUT2D eigenvalue weighted by molar-refractivity contribution is -0.0601. The summed E-state index contributed by atoms with van der Waals surface area (Å²) in [5, 5.41) is 26.3. The molecule has 0 bridgehead atoms. The van der Waals surface area contributed by atoms with Crippen LogP contribution in [0, 0.1) is 25.7 Å². The maximum absolute atomic E-state index is 13.5. The van der Waals surface area contributed by atoms with Gasteiger partial charge >= 0.3 is 47.3 Å². The minimum Gasteiger partial charge on any atom is -0.478 e. The van der Waals surface area contributed by atoms with Crippen molar-refractivity contribution in [2.45, 2.75) is 90.4 Å². The molecule has 3 amide bonds. The molecule has 1 aromatic heterocycles. The maximum Gasteiger partial charge on any atom is 0.490 e. The molecule has 0 spiro atoms. The third-order valence-electron chi connectivity index (χ3n) is 13.8. The lowest BCUT2D eigenvalue weighted by atomic mass is 9.88.